The summed E-state index contributed by atoms with van der Waals surface area (Å²) in [5, 5.41) is 119. The summed E-state index contributed by atoms with van der Waals surface area (Å²) in [7, 11) is 0. The number of aliphatic hydroxyl groups excluding tert-OH is 11. The third-order valence-corrected chi connectivity index (χ3v) is 16.5. The first kappa shape index (κ1) is 45.7. The van der Waals surface area contributed by atoms with E-state index in [-0.39, 0.29) is 40.4 Å². The highest BCUT2D eigenvalue weighted by molar-refractivity contribution is 5.18. The molecule has 0 aromatic rings. The van der Waals surface area contributed by atoms with Gasteiger partial charge in [-0.2, -0.15) is 0 Å². The van der Waals surface area contributed by atoms with Crippen LogP contribution in [-0.4, -0.2) is 161 Å². The first-order valence-electron chi connectivity index (χ1n) is 21.2. The molecule has 6 aliphatic rings. The summed E-state index contributed by atoms with van der Waals surface area (Å²) in [6, 6.07) is 0. The molecule has 0 bridgehead atoms. The van der Waals surface area contributed by atoms with Crippen molar-refractivity contribution in [2.45, 2.75) is 191 Å². The normalized spacial score (nSPS) is 51.6. The summed E-state index contributed by atoms with van der Waals surface area (Å²) in [6.45, 7) is 12.9. The molecule has 6 fully saturated rings. The summed E-state index contributed by atoms with van der Waals surface area (Å²) < 4.78 is 24.1. The van der Waals surface area contributed by atoms with Crippen LogP contribution in [0.4, 0.5) is 0 Å². The molecule has 15 nitrogen and oxygen atoms in total. The maximum Gasteiger partial charge on any atom is 0.187 e. The van der Waals surface area contributed by atoms with E-state index >= 15 is 0 Å². The van der Waals surface area contributed by atoms with Crippen LogP contribution in [0.1, 0.15) is 99.8 Å². The van der Waals surface area contributed by atoms with E-state index in [4.69, 9.17) is 18.9 Å². The van der Waals surface area contributed by atoms with Crippen molar-refractivity contribution in [1.82, 2.24) is 0 Å². The van der Waals surface area contributed by atoms with Gasteiger partial charge in [-0.15, -0.1) is 0 Å². The minimum atomic E-state index is -1.73. The molecule has 15 heteroatoms. The van der Waals surface area contributed by atoms with E-state index in [1.807, 2.05) is 19.9 Å². The molecule has 0 radical (unpaired) electrons. The van der Waals surface area contributed by atoms with Crippen LogP contribution in [0.3, 0.4) is 0 Å². The highest BCUT2D eigenvalue weighted by Crippen LogP contribution is 2.71. The minimum absolute atomic E-state index is 0.0291. The largest absolute Gasteiger partial charge is 0.394 e. The molecule has 57 heavy (non-hydrogen) atoms. The van der Waals surface area contributed by atoms with Gasteiger partial charge >= 0.3 is 0 Å². The zero-order valence-electron chi connectivity index (χ0n) is 34.7. The Morgan fingerprint density at radius 3 is 2.04 bits per heavy atom. The lowest BCUT2D eigenvalue weighted by molar-refractivity contribution is -0.349. The lowest BCUT2D eigenvalue weighted by Crippen LogP contribution is -2.67. The zero-order chi connectivity index (χ0) is 42.2. The number of rotatable bonds is 11. The van der Waals surface area contributed by atoms with Crippen molar-refractivity contribution in [3.63, 3.8) is 0 Å². The Morgan fingerprint density at radius 1 is 0.789 bits per heavy atom. The summed E-state index contributed by atoms with van der Waals surface area (Å²) in [6.07, 6.45) is -11.5. The van der Waals surface area contributed by atoms with Gasteiger partial charge in [0, 0.05) is 11.8 Å². The monoisotopic (exact) mass is 816 g/mol. The zero-order valence-corrected chi connectivity index (χ0v) is 34.7. The summed E-state index contributed by atoms with van der Waals surface area (Å²) >= 11 is 0. The van der Waals surface area contributed by atoms with Gasteiger partial charge in [-0.25, -0.2) is 0 Å². The van der Waals surface area contributed by atoms with E-state index in [1.54, 1.807) is 6.92 Å². The smallest absolute Gasteiger partial charge is 0.187 e. The van der Waals surface area contributed by atoms with Crippen LogP contribution in [0.2, 0.25) is 0 Å². The third kappa shape index (κ3) is 7.82. The fourth-order valence-corrected chi connectivity index (χ4v) is 12.8. The number of hydrogen-bond acceptors (Lipinski definition) is 15. The van der Waals surface area contributed by atoms with Gasteiger partial charge in [0.1, 0.15) is 48.8 Å². The number of aliphatic hydroxyl groups is 11. The highest BCUT2D eigenvalue weighted by Gasteiger charge is 2.69. The van der Waals surface area contributed by atoms with Gasteiger partial charge in [-0.3, -0.25) is 0 Å². The highest BCUT2D eigenvalue weighted by atomic mass is 16.7. The van der Waals surface area contributed by atoms with Gasteiger partial charge < -0.3 is 75.1 Å². The Kier molecular flexibility index (Phi) is 13.4. The molecule has 330 valence electrons. The molecule has 2 aliphatic heterocycles. The lowest BCUT2D eigenvalue weighted by atomic mass is 9.39. The Bertz CT molecular complexity index is 1410. The van der Waals surface area contributed by atoms with Crippen molar-refractivity contribution < 1.29 is 75.1 Å². The van der Waals surface area contributed by atoms with Crippen LogP contribution < -0.4 is 0 Å². The SMILES string of the molecule is C/C(=C\CC[C@@](C)(O[C@@H]1O[C@H](CO[C@@H]2O[C@H](CO)[C@@H](O)[C@H](O)[C@H]2O)[C@@H](O)[C@H](O)[C@H]1O)[C@H]1CC[C@]2(C)C3CCC4C(C)(C)C(O)CC(O)[C@]4(C)C3C[C@@H](O)[C@@H]12)C(C)O. The molecular formula is C42H72O15. The molecular weight excluding hydrogens is 744 g/mol. The molecule has 11 N–H and O–H groups in total. The standard InChI is InChI=1S/C42H72O15/c1-19(20(2)44)9-8-13-41(6,57-38-36(53)34(51)32(49)26(56-38)18-54-37-35(52)33(50)31(48)25(17-43)55-37)22-12-14-40(5)21-10-11-27-39(3,4)28(46)16-29(47)42(27,7)23(21)15-24(45)30(22)40/h9,20-38,43-53H,8,10-18H2,1-7H3/b19-9+/t20?,21?,22-,23?,24+,25+,26+,27?,28?,29?,30+,31+,32+,33-,34-,35+,36+,37+,38-,40+,41+,42+/m0/s1. The number of ether oxygens (including phenoxy) is 4. The van der Waals surface area contributed by atoms with Crippen LogP contribution >= 0.6 is 0 Å². The van der Waals surface area contributed by atoms with Crippen molar-refractivity contribution in [1.29, 1.82) is 0 Å². The summed E-state index contributed by atoms with van der Waals surface area (Å²) in [5.41, 5.74) is -1.51. The number of allylic oxidation sites excluding steroid dienone is 1. The lowest BCUT2D eigenvalue weighted by Gasteiger charge is -2.67. The Balaban J connectivity index is 1.26. The van der Waals surface area contributed by atoms with Crippen LogP contribution in [-0.2, 0) is 18.9 Å². The average molecular weight is 817 g/mol. The first-order chi connectivity index (χ1) is 26.5. The van der Waals surface area contributed by atoms with Gasteiger partial charge in [-0.1, -0.05) is 33.8 Å². The Morgan fingerprint density at radius 2 is 1.40 bits per heavy atom. The molecule has 6 unspecified atom stereocenters. The van der Waals surface area contributed by atoms with Gasteiger partial charge in [0.25, 0.3) is 0 Å². The Hall–Kier alpha value is -0.860. The van der Waals surface area contributed by atoms with Crippen molar-refractivity contribution in [3.8, 4) is 0 Å². The second-order valence-electron chi connectivity index (χ2n) is 19.9. The van der Waals surface area contributed by atoms with Crippen LogP contribution in [0.25, 0.3) is 0 Å². The topological polar surface area (TPSA) is 259 Å². The molecule has 0 aromatic carbocycles. The predicted octanol–water partition coefficient (Wildman–Crippen LogP) is 0.0906. The fraction of sp³-hybridized carbons (Fsp3) is 0.952. The molecule has 0 spiro atoms. The fourth-order valence-electron chi connectivity index (χ4n) is 12.8. The van der Waals surface area contributed by atoms with Gasteiger partial charge in [0.05, 0.1) is 43.2 Å². The van der Waals surface area contributed by atoms with Gasteiger partial charge in [0.15, 0.2) is 12.6 Å². The number of fused-ring (bicyclic) bond motifs is 5. The molecule has 0 aromatic heterocycles. The third-order valence-electron chi connectivity index (χ3n) is 16.5. The van der Waals surface area contributed by atoms with Crippen LogP contribution in [0.5, 0.6) is 0 Å². The molecule has 2 heterocycles. The second kappa shape index (κ2) is 16.8. The van der Waals surface area contributed by atoms with Crippen LogP contribution in [0, 0.1) is 45.8 Å². The van der Waals surface area contributed by atoms with E-state index < -0.39 is 110 Å². The molecule has 0 amide bonds. The van der Waals surface area contributed by atoms with E-state index in [0.29, 0.717) is 32.1 Å². The predicted molar refractivity (Wildman–Crippen MR) is 204 cm³/mol. The molecule has 4 aliphatic carbocycles. The summed E-state index contributed by atoms with van der Waals surface area (Å²) in [5.74, 6) is -0.177. The van der Waals surface area contributed by atoms with E-state index in [1.165, 1.54) is 0 Å². The first-order valence-corrected chi connectivity index (χ1v) is 21.2. The van der Waals surface area contributed by atoms with Gasteiger partial charge in [0.2, 0.25) is 0 Å². The maximum atomic E-state index is 12.4. The summed E-state index contributed by atoms with van der Waals surface area (Å²) in [4.78, 5) is 0. The van der Waals surface area contributed by atoms with E-state index in [2.05, 4.69) is 27.7 Å². The molecule has 4 saturated carbocycles. The molecule has 2 saturated heterocycles. The quantitative estimate of drug-likeness (QED) is 0.124. The second-order valence-corrected chi connectivity index (χ2v) is 19.9. The molecule has 6 rings (SSSR count). The van der Waals surface area contributed by atoms with E-state index in [9.17, 15) is 56.2 Å². The van der Waals surface area contributed by atoms with E-state index in [0.717, 1.165) is 24.8 Å². The Labute approximate surface area is 336 Å². The van der Waals surface area contributed by atoms with Crippen LogP contribution in [0.15, 0.2) is 11.6 Å². The maximum absolute atomic E-state index is 12.4. The molecule has 22 atom stereocenters. The van der Waals surface area contributed by atoms with Gasteiger partial charge in [-0.05, 0) is 112 Å². The van der Waals surface area contributed by atoms with Crippen molar-refractivity contribution in [3.05, 3.63) is 11.6 Å². The van der Waals surface area contributed by atoms with Crippen molar-refractivity contribution in [2.24, 2.45) is 45.8 Å². The minimum Gasteiger partial charge on any atom is -0.394 e. The average Bonchev–Trinajstić information content (AvgIpc) is 3.53. The number of hydrogen-bond donors (Lipinski definition) is 11. The van der Waals surface area contributed by atoms with Crippen molar-refractivity contribution in [2.75, 3.05) is 13.2 Å². The van der Waals surface area contributed by atoms with Crippen molar-refractivity contribution >= 4 is 0 Å².